The Morgan fingerprint density at radius 2 is 2.62 bits per heavy atom. The SMILES string of the molecule is CC(S)c1cnc[nH]1. The second-order valence-electron chi connectivity index (χ2n) is 1.68. The number of hydrogen-bond donors (Lipinski definition) is 2. The zero-order chi connectivity index (χ0) is 5.98. The molecule has 44 valence electrons. The van der Waals surface area contributed by atoms with E-state index in [1.807, 2.05) is 6.92 Å². The molecule has 0 radical (unpaired) electrons. The van der Waals surface area contributed by atoms with E-state index in [0.29, 0.717) is 0 Å². The maximum Gasteiger partial charge on any atom is 0.0922 e. The van der Waals surface area contributed by atoms with E-state index in [9.17, 15) is 0 Å². The van der Waals surface area contributed by atoms with Crippen molar-refractivity contribution in [1.29, 1.82) is 0 Å². The number of rotatable bonds is 1. The molecule has 8 heavy (non-hydrogen) atoms. The van der Waals surface area contributed by atoms with Crippen LogP contribution in [0.5, 0.6) is 0 Å². The van der Waals surface area contributed by atoms with Gasteiger partial charge >= 0.3 is 0 Å². The van der Waals surface area contributed by atoms with E-state index in [1.54, 1.807) is 12.5 Å². The zero-order valence-electron chi connectivity index (χ0n) is 4.63. The lowest BCUT2D eigenvalue weighted by molar-refractivity contribution is 1.04. The van der Waals surface area contributed by atoms with Crippen molar-refractivity contribution in [2.24, 2.45) is 0 Å². The summed E-state index contributed by atoms with van der Waals surface area (Å²) in [5.74, 6) is 0. The van der Waals surface area contributed by atoms with Gasteiger partial charge in [0.25, 0.3) is 0 Å². The molecule has 0 bridgehead atoms. The third-order valence-electron chi connectivity index (χ3n) is 0.969. The normalized spacial score (nSPS) is 13.8. The van der Waals surface area contributed by atoms with Gasteiger partial charge in [0.15, 0.2) is 0 Å². The van der Waals surface area contributed by atoms with E-state index in [2.05, 4.69) is 22.6 Å². The Hall–Kier alpha value is -0.440. The van der Waals surface area contributed by atoms with Crippen LogP contribution in [-0.2, 0) is 0 Å². The lowest BCUT2D eigenvalue weighted by Crippen LogP contribution is -1.80. The van der Waals surface area contributed by atoms with Crippen LogP contribution >= 0.6 is 12.6 Å². The fourth-order valence-corrected chi connectivity index (χ4v) is 0.636. The molecule has 3 heteroatoms. The van der Waals surface area contributed by atoms with Crippen molar-refractivity contribution >= 4 is 12.6 Å². The van der Waals surface area contributed by atoms with E-state index in [1.165, 1.54) is 0 Å². The molecule has 0 spiro atoms. The molecule has 0 saturated heterocycles. The number of aromatic amines is 1. The zero-order valence-corrected chi connectivity index (χ0v) is 5.52. The first-order valence-corrected chi connectivity index (χ1v) is 2.98. The number of imidazole rings is 1. The highest BCUT2D eigenvalue weighted by Crippen LogP contribution is 2.13. The Morgan fingerprint density at radius 1 is 1.88 bits per heavy atom. The number of nitrogens with one attached hydrogen (secondary N) is 1. The lowest BCUT2D eigenvalue weighted by Gasteiger charge is -1.94. The lowest BCUT2D eigenvalue weighted by atomic mass is 10.4. The molecule has 0 aliphatic rings. The van der Waals surface area contributed by atoms with Gasteiger partial charge in [-0.3, -0.25) is 0 Å². The molecule has 0 aliphatic heterocycles. The largest absolute Gasteiger partial charge is 0.348 e. The summed E-state index contributed by atoms with van der Waals surface area (Å²) in [5.41, 5.74) is 1.06. The van der Waals surface area contributed by atoms with Crippen LogP contribution in [0.1, 0.15) is 17.9 Å². The Labute approximate surface area is 53.7 Å². The molecule has 0 aromatic carbocycles. The molecule has 1 unspecified atom stereocenters. The summed E-state index contributed by atoms with van der Waals surface area (Å²) in [7, 11) is 0. The van der Waals surface area contributed by atoms with Crippen molar-refractivity contribution in [3.8, 4) is 0 Å². The van der Waals surface area contributed by atoms with Crippen molar-refractivity contribution < 1.29 is 0 Å². The first-order chi connectivity index (χ1) is 3.80. The van der Waals surface area contributed by atoms with Crippen LogP contribution in [-0.4, -0.2) is 9.97 Å². The molecular weight excluding hydrogens is 120 g/mol. The van der Waals surface area contributed by atoms with Crippen LogP contribution in [0.15, 0.2) is 12.5 Å². The first-order valence-electron chi connectivity index (χ1n) is 2.47. The Balaban J connectivity index is 2.77. The number of thiol groups is 1. The van der Waals surface area contributed by atoms with Gasteiger partial charge in [0.1, 0.15) is 0 Å². The Bertz CT molecular complexity index is 145. The summed E-state index contributed by atoms with van der Waals surface area (Å²) >= 11 is 4.18. The highest BCUT2D eigenvalue weighted by atomic mass is 32.1. The number of aromatic nitrogens is 2. The van der Waals surface area contributed by atoms with Gasteiger partial charge in [0.2, 0.25) is 0 Å². The van der Waals surface area contributed by atoms with Crippen molar-refractivity contribution in [2.45, 2.75) is 12.2 Å². The molecule has 1 aromatic rings. The van der Waals surface area contributed by atoms with Gasteiger partial charge in [-0.05, 0) is 6.92 Å². The average molecular weight is 128 g/mol. The van der Waals surface area contributed by atoms with Crippen LogP contribution in [0.4, 0.5) is 0 Å². The van der Waals surface area contributed by atoms with E-state index in [4.69, 9.17) is 0 Å². The van der Waals surface area contributed by atoms with Crippen LogP contribution < -0.4 is 0 Å². The minimum Gasteiger partial charge on any atom is -0.348 e. The van der Waals surface area contributed by atoms with Gasteiger partial charge in [0.05, 0.1) is 6.33 Å². The van der Waals surface area contributed by atoms with Crippen molar-refractivity contribution in [1.82, 2.24) is 9.97 Å². The highest BCUT2D eigenvalue weighted by molar-refractivity contribution is 7.80. The van der Waals surface area contributed by atoms with Crippen LogP contribution in [0.3, 0.4) is 0 Å². The van der Waals surface area contributed by atoms with Gasteiger partial charge in [-0.25, -0.2) is 4.98 Å². The molecule has 0 saturated carbocycles. The summed E-state index contributed by atoms with van der Waals surface area (Å²) in [4.78, 5) is 6.79. The van der Waals surface area contributed by atoms with Crippen molar-refractivity contribution in [3.05, 3.63) is 18.2 Å². The summed E-state index contributed by atoms with van der Waals surface area (Å²) in [6.07, 6.45) is 3.43. The molecule has 0 aliphatic carbocycles. The summed E-state index contributed by atoms with van der Waals surface area (Å²) in [5, 5.41) is 0.262. The van der Waals surface area contributed by atoms with Crippen LogP contribution in [0.2, 0.25) is 0 Å². The van der Waals surface area contributed by atoms with E-state index in [0.717, 1.165) is 5.69 Å². The minimum absolute atomic E-state index is 0.262. The van der Waals surface area contributed by atoms with Gasteiger partial charge in [-0.15, -0.1) is 0 Å². The van der Waals surface area contributed by atoms with E-state index in [-0.39, 0.29) is 5.25 Å². The number of H-pyrrole nitrogens is 1. The molecule has 1 aromatic heterocycles. The van der Waals surface area contributed by atoms with Crippen molar-refractivity contribution in [3.63, 3.8) is 0 Å². The van der Waals surface area contributed by atoms with E-state index >= 15 is 0 Å². The fourth-order valence-electron chi connectivity index (χ4n) is 0.495. The fraction of sp³-hybridized carbons (Fsp3) is 0.400. The predicted octanol–water partition coefficient (Wildman–Crippen LogP) is 1.40. The van der Waals surface area contributed by atoms with Gasteiger partial charge < -0.3 is 4.98 Å². The Kier molecular flexibility index (Phi) is 1.58. The third-order valence-corrected chi connectivity index (χ3v) is 1.25. The summed E-state index contributed by atoms with van der Waals surface area (Å²) < 4.78 is 0. The standard InChI is InChI=1S/C5H8N2S/c1-4(8)5-2-6-3-7-5/h2-4,8H,1H3,(H,6,7). The van der Waals surface area contributed by atoms with Crippen molar-refractivity contribution in [2.75, 3.05) is 0 Å². The summed E-state index contributed by atoms with van der Waals surface area (Å²) in [6, 6.07) is 0. The predicted molar refractivity (Wildman–Crippen MR) is 36.0 cm³/mol. The second-order valence-corrected chi connectivity index (χ2v) is 2.46. The first kappa shape index (κ1) is 5.69. The maximum atomic E-state index is 4.18. The maximum absolute atomic E-state index is 4.18. The van der Waals surface area contributed by atoms with E-state index < -0.39 is 0 Å². The average Bonchev–Trinajstić information content (AvgIpc) is 2.12. The quantitative estimate of drug-likeness (QED) is 0.550. The van der Waals surface area contributed by atoms with Gasteiger partial charge in [-0.2, -0.15) is 12.6 Å². The molecule has 1 atom stereocenters. The minimum atomic E-state index is 0.262. The molecule has 2 nitrogen and oxygen atoms in total. The molecule has 1 heterocycles. The second kappa shape index (κ2) is 2.22. The smallest absolute Gasteiger partial charge is 0.0922 e. The van der Waals surface area contributed by atoms with Crippen LogP contribution in [0, 0.1) is 0 Å². The topological polar surface area (TPSA) is 28.7 Å². The van der Waals surface area contributed by atoms with Gasteiger partial charge in [-0.1, -0.05) is 0 Å². The van der Waals surface area contributed by atoms with Gasteiger partial charge in [0, 0.05) is 17.1 Å². The number of hydrogen-bond acceptors (Lipinski definition) is 2. The molecule has 1 rings (SSSR count). The summed E-state index contributed by atoms with van der Waals surface area (Å²) in [6.45, 7) is 2.00. The molecule has 0 amide bonds. The monoisotopic (exact) mass is 128 g/mol. The number of nitrogens with zero attached hydrogens (tertiary/aromatic N) is 1. The highest BCUT2D eigenvalue weighted by Gasteiger charge is 1.96. The molecule has 0 fully saturated rings. The molecule has 1 N–H and O–H groups in total. The third kappa shape index (κ3) is 1.04. The van der Waals surface area contributed by atoms with Crippen LogP contribution in [0.25, 0.3) is 0 Å². The molecular formula is C5H8N2S. The Morgan fingerprint density at radius 3 is 2.88 bits per heavy atom.